The van der Waals surface area contributed by atoms with Crippen LogP contribution in [-0.4, -0.2) is 0 Å². The molecule has 0 saturated heterocycles. The molecule has 32 heavy (non-hydrogen) atoms. The Morgan fingerprint density at radius 2 is 0.875 bits per heavy atom. The van der Waals surface area contributed by atoms with Crippen LogP contribution in [0.25, 0.3) is 0 Å². The van der Waals surface area contributed by atoms with Gasteiger partial charge in [-0.2, -0.15) is 8.78 Å². The van der Waals surface area contributed by atoms with Crippen molar-refractivity contribution in [2.45, 2.75) is 12.7 Å². The summed E-state index contributed by atoms with van der Waals surface area (Å²) >= 11 is 0. The van der Waals surface area contributed by atoms with E-state index in [2.05, 4.69) is 9.47 Å². The number of ether oxygens (including phenoxy) is 2. The summed E-state index contributed by atoms with van der Waals surface area (Å²) < 4.78 is 144. The normalized spacial score (nSPS) is 13.1. The molecule has 0 heterocycles. The van der Waals surface area contributed by atoms with Crippen LogP contribution in [0.3, 0.4) is 0 Å². The maximum Gasteiger partial charge on any atom is 0.267 e. The lowest BCUT2D eigenvalue weighted by Crippen LogP contribution is -2.10. The molecule has 0 aliphatic rings. The van der Waals surface area contributed by atoms with E-state index in [1.54, 1.807) is 0 Å². The number of hydrogen-bond donors (Lipinski definition) is 0. The number of alkyl halides is 2. The van der Waals surface area contributed by atoms with Crippen LogP contribution in [0.2, 0.25) is 0 Å². The highest BCUT2D eigenvalue weighted by Crippen LogP contribution is 2.33. The van der Waals surface area contributed by atoms with Gasteiger partial charge in [-0.1, -0.05) is 6.07 Å². The first-order valence-corrected chi connectivity index (χ1v) is 8.38. The molecule has 0 aliphatic heterocycles. The highest BCUT2D eigenvalue weighted by atomic mass is 19.2. The summed E-state index contributed by atoms with van der Waals surface area (Å²) in [7, 11) is 0. The zero-order valence-corrected chi connectivity index (χ0v) is 15.2. The molecule has 3 aromatic carbocycles. The van der Waals surface area contributed by atoms with Gasteiger partial charge in [-0.3, -0.25) is 0 Å². The molecule has 2 unspecified atom stereocenters. The largest absolute Gasteiger partial charge is 0.456 e. The lowest BCUT2D eigenvalue weighted by molar-refractivity contribution is 0.0552. The molecule has 3 rings (SSSR count). The molecule has 0 saturated carbocycles. The molecular weight excluding hydrogens is 462 g/mol. The Bertz CT molecular complexity index is 1080. The molecule has 0 bridgehead atoms. The predicted molar refractivity (Wildman–Crippen MR) is 87.9 cm³/mol. The van der Waals surface area contributed by atoms with Gasteiger partial charge in [0.15, 0.2) is 46.5 Å². The average Bonchev–Trinajstić information content (AvgIpc) is 2.75. The third-order valence-corrected chi connectivity index (χ3v) is 4.04. The summed E-state index contributed by atoms with van der Waals surface area (Å²) in [6.07, 6.45) is -5.71. The first kappa shape index (κ1) is 23.2. The molecule has 0 spiro atoms. The number of halogens is 10. The van der Waals surface area contributed by atoms with Crippen LogP contribution >= 0.6 is 0 Å². The Balaban J connectivity index is 1.81. The van der Waals surface area contributed by atoms with E-state index < -0.39 is 81.9 Å². The number of rotatable bonds is 6. The highest BCUT2D eigenvalue weighted by Gasteiger charge is 2.27. The molecule has 2 atom stereocenters. The van der Waals surface area contributed by atoms with Gasteiger partial charge in [-0.15, -0.1) is 0 Å². The van der Waals surface area contributed by atoms with Crippen molar-refractivity contribution in [3.05, 3.63) is 94.1 Å². The molecule has 3 aromatic rings. The fourth-order valence-corrected chi connectivity index (χ4v) is 2.50. The van der Waals surface area contributed by atoms with Crippen molar-refractivity contribution in [1.29, 1.82) is 0 Å². The van der Waals surface area contributed by atoms with Gasteiger partial charge in [0.2, 0.25) is 0 Å². The van der Waals surface area contributed by atoms with Crippen LogP contribution < -0.4 is 9.47 Å². The van der Waals surface area contributed by atoms with Gasteiger partial charge in [0.25, 0.3) is 12.7 Å². The Labute approximate surface area is 172 Å². The minimum absolute atomic E-state index is 0.0246. The summed E-state index contributed by atoms with van der Waals surface area (Å²) in [4.78, 5) is 0. The second-order valence-corrected chi connectivity index (χ2v) is 6.12. The molecule has 0 N–H and O–H groups in total. The summed E-state index contributed by atoms with van der Waals surface area (Å²) in [5.41, 5.74) is -2.65. The van der Waals surface area contributed by atoms with Crippen molar-refractivity contribution in [2.24, 2.45) is 0 Å². The van der Waals surface area contributed by atoms with Crippen molar-refractivity contribution in [1.82, 2.24) is 0 Å². The second kappa shape index (κ2) is 8.97. The molecule has 0 aromatic heterocycles. The Morgan fingerprint density at radius 1 is 0.500 bits per heavy atom. The average molecular weight is 470 g/mol. The zero-order chi connectivity index (χ0) is 23.7. The second-order valence-electron chi connectivity index (χ2n) is 6.12. The van der Waals surface area contributed by atoms with Gasteiger partial charge in [-0.25, -0.2) is 35.1 Å². The van der Waals surface area contributed by atoms with Crippen LogP contribution in [0.5, 0.6) is 11.5 Å². The fourth-order valence-electron chi connectivity index (χ4n) is 2.50. The molecule has 0 radical (unpaired) electrons. The van der Waals surface area contributed by atoms with E-state index >= 15 is 0 Å². The molecular formula is C20H8F10O2. The van der Waals surface area contributed by atoms with E-state index in [9.17, 15) is 43.9 Å². The van der Waals surface area contributed by atoms with Gasteiger partial charge >= 0.3 is 0 Å². The molecule has 0 amide bonds. The minimum Gasteiger partial charge on any atom is -0.456 e. The number of benzene rings is 3. The third-order valence-electron chi connectivity index (χ3n) is 4.04. The smallest absolute Gasteiger partial charge is 0.267 e. The van der Waals surface area contributed by atoms with Gasteiger partial charge < -0.3 is 9.47 Å². The van der Waals surface area contributed by atoms with E-state index in [0.29, 0.717) is 0 Å². The van der Waals surface area contributed by atoms with Crippen molar-refractivity contribution >= 4 is 0 Å². The summed E-state index contributed by atoms with van der Waals surface area (Å²) in [6, 6.07) is 3.89. The lowest BCUT2D eigenvalue weighted by atomic mass is 10.2. The van der Waals surface area contributed by atoms with Crippen LogP contribution in [0.15, 0.2) is 36.4 Å². The van der Waals surface area contributed by atoms with Crippen molar-refractivity contribution in [2.75, 3.05) is 0 Å². The zero-order valence-electron chi connectivity index (χ0n) is 15.2. The van der Waals surface area contributed by atoms with E-state index in [4.69, 9.17) is 0 Å². The topological polar surface area (TPSA) is 18.5 Å². The Kier molecular flexibility index (Phi) is 6.51. The molecule has 0 fully saturated rings. The van der Waals surface area contributed by atoms with Crippen molar-refractivity contribution in [3.63, 3.8) is 0 Å². The number of hydrogen-bond acceptors (Lipinski definition) is 2. The Morgan fingerprint density at radius 3 is 1.25 bits per heavy atom. The monoisotopic (exact) mass is 470 g/mol. The van der Waals surface area contributed by atoms with Gasteiger partial charge in [0.1, 0.15) is 11.5 Å². The standard InChI is InChI=1S/C20H8F10O2/c21-11-5-9(13(23)17(27)15(11)25)19(29)31-7-2-1-3-8(4-7)32-20(30)10-6-12(22)16(26)18(28)14(10)24/h1-6,19-20H. The van der Waals surface area contributed by atoms with Crippen LogP contribution in [0.4, 0.5) is 43.9 Å². The van der Waals surface area contributed by atoms with Crippen LogP contribution in [-0.2, 0) is 0 Å². The van der Waals surface area contributed by atoms with E-state index in [1.807, 2.05) is 0 Å². The van der Waals surface area contributed by atoms with Gasteiger partial charge in [0, 0.05) is 6.07 Å². The van der Waals surface area contributed by atoms with Crippen LogP contribution in [0.1, 0.15) is 23.8 Å². The van der Waals surface area contributed by atoms with Crippen LogP contribution in [0, 0.1) is 46.5 Å². The highest BCUT2D eigenvalue weighted by molar-refractivity contribution is 5.34. The summed E-state index contributed by atoms with van der Waals surface area (Å²) in [5, 5.41) is 0. The SMILES string of the molecule is Fc1cc(C(F)Oc2cccc(OC(F)c3cc(F)c(F)c(F)c3F)c2)c(F)c(F)c1F. The van der Waals surface area contributed by atoms with E-state index in [1.165, 1.54) is 0 Å². The molecule has 2 nitrogen and oxygen atoms in total. The third kappa shape index (κ3) is 4.43. The molecule has 12 heteroatoms. The first-order valence-electron chi connectivity index (χ1n) is 8.38. The molecule has 0 aliphatic carbocycles. The summed E-state index contributed by atoms with van der Waals surface area (Å²) in [5.74, 6) is -17.8. The quantitative estimate of drug-likeness (QED) is 0.222. The fraction of sp³-hybridized carbons (Fsp3) is 0.100. The molecule has 170 valence electrons. The lowest BCUT2D eigenvalue weighted by Gasteiger charge is -2.16. The Hall–Kier alpha value is -3.44. The predicted octanol–water partition coefficient (Wildman–Crippen LogP) is 6.89. The van der Waals surface area contributed by atoms with E-state index in [0.717, 1.165) is 24.3 Å². The maximum atomic E-state index is 14.2. The summed E-state index contributed by atoms with van der Waals surface area (Å²) in [6.45, 7) is 0. The van der Waals surface area contributed by atoms with Gasteiger partial charge in [0.05, 0.1) is 11.1 Å². The van der Waals surface area contributed by atoms with Crippen molar-refractivity contribution < 1.29 is 53.4 Å². The van der Waals surface area contributed by atoms with E-state index in [-0.39, 0.29) is 12.1 Å². The van der Waals surface area contributed by atoms with Gasteiger partial charge in [-0.05, 0) is 24.3 Å². The maximum absolute atomic E-state index is 14.2. The first-order chi connectivity index (χ1) is 15.0. The van der Waals surface area contributed by atoms with Crippen molar-refractivity contribution in [3.8, 4) is 11.5 Å². The minimum atomic E-state index is -2.85.